The number of rotatable bonds is 2. The van der Waals surface area contributed by atoms with E-state index in [-0.39, 0.29) is 16.2 Å². The first-order valence-electron chi connectivity index (χ1n) is 6.19. The van der Waals surface area contributed by atoms with E-state index in [1.165, 1.54) is 0 Å². The van der Waals surface area contributed by atoms with Gasteiger partial charge in [-0.2, -0.15) is 0 Å². The fourth-order valence-electron chi connectivity index (χ4n) is 2.73. The Morgan fingerprint density at radius 1 is 1.33 bits per heavy atom. The molecule has 2 aliphatic rings. The van der Waals surface area contributed by atoms with Crippen LogP contribution in [0.3, 0.4) is 0 Å². The molecule has 1 saturated carbocycles. The van der Waals surface area contributed by atoms with Crippen molar-refractivity contribution in [1.82, 2.24) is 0 Å². The largest absolute Gasteiger partial charge is 0.506 e. The van der Waals surface area contributed by atoms with Gasteiger partial charge in [-0.05, 0) is 18.9 Å². The molecular weight excluding hydrogens is 254 g/mol. The van der Waals surface area contributed by atoms with Crippen molar-refractivity contribution in [2.75, 3.05) is 19.8 Å². The molecule has 0 atom stereocenters. The molecular formula is C13H16ClNO3. The van der Waals surface area contributed by atoms with Crippen LogP contribution in [-0.4, -0.2) is 24.9 Å². The molecule has 0 bridgehead atoms. The van der Waals surface area contributed by atoms with Crippen molar-refractivity contribution in [2.45, 2.75) is 24.7 Å². The number of ether oxygens (including phenoxy) is 2. The van der Waals surface area contributed by atoms with Crippen LogP contribution < -0.4 is 15.2 Å². The van der Waals surface area contributed by atoms with Crippen LogP contribution in [0.1, 0.15) is 24.8 Å². The van der Waals surface area contributed by atoms with Gasteiger partial charge in [0.1, 0.15) is 24.0 Å². The maximum atomic E-state index is 10.3. The normalized spacial score (nSPS) is 20.3. The Morgan fingerprint density at radius 3 is 2.67 bits per heavy atom. The van der Waals surface area contributed by atoms with Crippen LogP contribution >= 0.6 is 11.6 Å². The van der Waals surface area contributed by atoms with Crippen LogP contribution in [0.5, 0.6) is 17.2 Å². The molecule has 3 N–H and O–H groups in total. The molecule has 0 spiro atoms. The standard InChI is InChI=1S/C13H16ClNO3/c14-10-11(16)8(13(7-15)2-1-3-13)6-9-12(10)18-5-4-17-9/h6,16H,1-5,7,15H2. The molecule has 0 radical (unpaired) electrons. The van der Waals surface area contributed by atoms with Crippen LogP contribution in [0.15, 0.2) is 6.07 Å². The summed E-state index contributed by atoms with van der Waals surface area (Å²) in [7, 11) is 0. The number of benzene rings is 1. The lowest BCUT2D eigenvalue weighted by Gasteiger charge is -2.42. The number of aromatic hydroxyl groups is 1. The molecule has 0 amide bonds. The molecule has 1 heterocycles. The Bertz CT molecular complexity index is 480. The molecule has 0 saturated heterocycles. The zero-order valence-corrected chi connectivity index (χ0v) is 10.8. The Hall–Kier alpha value is -1.13. The predicted molar refractivity (Wildman–Crippen MR) is 68.7 cm³/mol. The number of hydrogen-bond donors (Lipinski definition) is 2. The molecule has 1 aromatic carbocycles. The SMILES string of the molecule is NCC1(c2cc3c(c(Cl)c2O)OCCO3)CCC1. The van der Waals surface area contributed by atoms with E-state index in [1.54, 1.807) is 0 Å². The fourth-order valence-corrected chi connectivity index (χ4v) is 2.98. The summed E-state index contributed by atoms with van der Waals surface area (Å²) >= 11 is 6.16. The lowest BCUT2D eigenvalue weighted by molar-refractivity contribution is 0.169. The van der Waals surface area contributed by atoms with Crippen molar-refractivity contribution >= 4 is 11.6 Å². The van der Waals surface area contributed by atoms with Gasteiger partial charge in [-0.1, -0.05) is 18.0 Å². The maximum absolute atomic E-state index is 10.3. The molecule has 18 heavy (non-hydrogen) atoms. The number of hydrogen-bond acceptors (Lipinski definition) is 4. The van der Waals surface area contributed by atoms with Crippen molar-refractivity contribution in [3.63, 3.8) is 0 Å². The smallest absolute Gasteiger partial charge is 0.183 e. The summed E-state index contributed by atoms with van der Waals surface area (Å²) < 4.78 is 11.0. The molecule has 1 aromatic rings. The van der Waals surface area contributed by atoms with Gasteiger partial charge < -0.3 is 20.3 Å². The summed E-state index contributed by atoms with van der Waals surface area (Å²) in [5, 5.41) is 10.5. The summed E-state index contributed by atoms with van der Waals surface area (Å²) in [5.74, 6) is 1.14. The lowest BCUT2D eigenvalue weighted by atomic mass is 9.64. The Labute approximate surface area is 111 Å². The molecule has 1 aliphatic heterocycles. The summed E-state index contributed by atoms with van der Waals surface area (Å²) in [6, 6.07) is 1.84. The summed E-state index contributed by atoms with van der Waals surface area (Å²) in [4.78, 5) is 0. The van der Waals surface area contributed by atoms with Crippen molar-refractivity contribution < 1.29 is 14.6 Å². The van der Waals surface area contributed by atoms with Crippen molar-refractivity contribution in [3.8, 4) is 17.2 Å². The third-order valence-electron chi connectivity index (χ3n) is 4.02. The van der Waals surface area contributed by atoms with E-state index < -0.39 is 0 Å². The number of halogens is 1. The average molecular weight is 270 g/mol. The molecule has 1 aliphatic carbocycles. The highest BCUT2D eigenvalue weighted by molar-refractivity contribution is 6.34. The third-order valence-corrected chi connectivity index (χ3v) is 4.37. The van der Waals surface area contributed by atoms with Gasteiger partial charge in [-0.15, -0.1) is 0 Å². The molecule has 0 aromatic heterocycles. The van der Waals surface area contributed by atoms with Gasteiger partial charge in [0.25, 0.3) is 0 Å². The van der Waals surface area contributed by atoms with Gasteiger partial charge in [-0.3, -0.25) is 0 Å². The van der Waals surface area contributed by atoms with Crippen LogP contribution in [0.4, 0.5) is 0 Å². The molecule has 98 valence electrons. The Morgan fingerprint density at radius 2 is 2.06 bits per heavy atom. The van der Waals surface area contributed by atoms with Gasteiger partial charge in [-0.25, -0.2) is 0 Å². The fraction of sp³-hybridized carbons (Fsp3) is 0.538. The second-order valence-corrected chi connectivity index (χ2v) is 5.33. The van der Waals surface area contributed by atoms with Gasteiger partial charge in [0.15, 0.2) is 11.5 Å². The van der Waals surface area contributed by atoms with Crippen LogP contribution in [0.2, 0.25) is 5.02 Å². The average Bonchev–Trinajstić information content (AvgIpc) is 2.35. The van der Waals surface area contributed by atoms with Gasteiger partial charge in [0.05, 0.1) is 0 Å². The second kappa shape index (κ2) is 4.21. The highest BCUT2D eigenvalue weighted by Crippen LogP contribution is 2.53. The highest BCUT2D eigenvalue weighted by Gasteiger charge is 2.41. The monoisotopic (exact) mass is 269 g/mol. The molecule has 1 fully saturated rings. The molecule has 5 heteroatoms. The van der Waals surface area contributed by atoms with E-state index in [2.05, 4.69) is 0 Å². The third kappa shape index (κ3) is 1.56. The van der Waals surface area contributed by atoms with E-state index in [0.29, 0.717) is 31.3 Å². The van der Waals surface area contributed by atoms with E-state index in [1.807, 2.05) is 6.07 Å². The van der Waals surface area contributed by atoms with Gasteiger partial charge in [0, 0.05) is 17.5 Å². The second-order valence-electron chi connectivity index (χ2n) is 4.95. The Kier molecular flexibility index (Phi) is 2.79. The lowest BCUT2D eigenvalue weighted by Crippen LogP contribution is -2.41. The van der Waals surface area contributed by atoms with E-state index >= 15 is 0 Å². The quantitative estimate of drug-likeness (QED) is 0.864. The van der Waals surface area contributed by atoms with E-state index in [9.17, 15) is 5.11 Å². The first-order chi connectivity index (χ1) is 8.68. The first-order valence-corrected chi connectivity index (χ1v) is 6.57. The number of phenols is 1. The Balaban J connectivity index is 2.13. The van der Waals surface area contributed by atoms with E-state index in [4.69, 9.17) is 26.8 Å². The highest BCUT2D eigenvalue weighted by atomic mass is 35.5. The summed E-state index contributed by atoms with van der Waals surface area (Å²) in [5.41, 5.74) is 6.52. The zero-order chi connectivity index (χ0) is 12.8. The summed E-state index contributed by atoms with van der Waals surface area (Å²) in [6.07, 6.45) is 3.09. The number of phenolic OH excluding ortho intramolecular Hbond substituents is 1. The number of fused-ring (bicyclic) bond motifs is 1. The minimum Gasteiger partial charge on any atom is -0.506 e. The van der Waals surface area contributed by atoms with Crippen molar-refractivity contribution in [1.29, 1.82) is 0 Å². The molecule has 3 rings (SSSR count). The minimum atomic E-state index is -0.149. The topological polar surface area (TPSA) is 64.7 Å². The minimum absolute atomic E-state index is 0.0890. The number of nitrogens with two attached hydrogens (primary N) is 1. The zero-order valence-electron chi connectivity index (χ0n) is 10.0. The van der Waals surface area contributed by atoms with E-state index in [0.717, 1.165) is 24.8 Å². The van der Waals surface area contributed by atoms with Gasteiger partial charge in [0.2, 0.25) is 0 Å². The molecule has 4 nitrogen and oxygen atoms in total. The van der Waals surface area contributed by atoms with Crippen molar-refractivity contribution in [2.24, 2.45) is 5.73 Å². The molecule has 0 unspecified atom stereocenters. The van der Waals surface area contributed by atoms with Crippen molar-refractivity contribution in [3.05, 3.63) is 16.7 Å². The summed E-state index contributed by atoms with van der Waals surface area (Å²) in [6.45, 7) is 1.47. The van der Waals surface area contributed by atoms with Gasteiger partial charge >= 0.3 is 0 Å². The maximum Gasteiger partial charge on any atom is 0.183 e. The first kappa shape index (κ1) is 11.9. The predicted octanol–water partition coefficient (Wildman–Crippen LogP) is 2.20. The van der Waals surface area contributed by atoms with Crippen LogP contribution in [0, 0.1) is 0 Å². The van der Waals surface area contributed by atoms with Crippen LogP contribution in [-0.2, 0) is 5.41 Å². The van der Waals surface area contributed by atoms with Crippen LogP contribution in [0.25, 0.3) is 0 Å².